The van der Waals surface area contributed by atoms with E-state index in [1.54, 1.807) is 0 Å². The van der Waals surface area contributed by atoms with E-state index in [9.17, 15) is 8.42 Å². The van der Waals surface area contributed by atoms with Crippen molar-refractivity contribution in [2.45, 2.75) is 51.5 Å². The van der Waals surface area contributed by atoms with Crippen LogP contribution in [0.2, 0.25) is 0 Å². The first-order valence-electron chi connectivity index (χ1n) is 6.35. The summed E-state index contributed by atoms with van der Waals surface area (Å²) in [5, 5.41) is 0. The predicted molar refractivity (Wildman–Crippen MR) is 68.0 cm³/mol. The normalized spacial score (nSPS) is 28.9. The summed E-state index contributed by atoms with van der Waals surface area (Å²) in [5.41, 5.74) is 6.11. The molecule has 3 unspecified atom stereocenters. The Morgan fingerprint density at radius 3 is 2.62 bits per heavy atom. The number of sulfone groups is 1. The molecule has 1 saturated carbocycles. The third-order valence-electron chi connectivity index (χ3n) is 3.83. The summed E-state index contributed by atoms with van der Waals surface area (Å²) in [5.74, 6) is 1.59. The lowest BCUT2D eigenvalue weighted by molar-refractivity contribution is 0.227. The van der Waals surface area contributed by atoms with Gasteiger partial charge in [0.1, 0.15) is 9.84 Å². The van der Waals surface area contributed by atoms with Crippen molar-refractivity contribution in [3.05, 3.63) is 0 Å². The van der Waals surface area contributed by atoms with Gasteiger partial charge in [-0.15, -0.1) is 0 Å². The summed E-state index contributed by atoms with van der Waals surface area (Å²) >= 11 is 0. The number of rotatable bonds is 5. The van der Waals surface area contributed by atoms with Crippen LogP contribution in [0.25, 0.3) is 0 Å². The zero-order chi connectivity index (χ0) is 12.2. The molecule has 0 aromatic rings. The van der Waals surface area contributed by atoms with Gasteiger partial charge in [0.15, 0.2) is 0 Å². The van der Waals surface area contributed by atoms with Crippen LogP contribution in [0.1, 0.15) is 45.4 Å². The smallest absolute Gasteiger partial charge is 0.147 e. The summed E-state index contributed by atoms with van der Waals surface area (Å²) in [4.78, 5) is 0. The molecule has 4 heteroatoms. The van der Waals surface area contributed by atoms with E-state index in [0.29, 0.717) is 12.3 Å². The van der Waals surface area contributed by atoms with E-state index in [1.165, 1.54) is 38.4 Å². The molecule has 1 aliphatic carbocycles. The van der Waals surface area contributed by atoms with E-state index in [4.69, 9.17) is 5.73 Å². The SMILES string of the molecule is CCC1CCCC(C(N)CCS(C)(=O)=O)C1. The molecule has 0 aromatic carbocycles. The maximum atomic E-state index is 11.1. The van der Waals surface area contributed by atoms with E-state index in [0.717, 1.165) is 5.92 Å². The first-order valence-corrected chi connectivity index (χ1v) is 8.41. The Hall–Kier alpha value is -0.0900. The van der Waals surface area contributed by atoms with Gasteiger partial charge in [-0.25, -0.2) is 8.42 Å². The highest BCUT2D eigenvalue weighted by Gasteiger charge is 2.25. The van der Waals surface area contributed by atoms with Gasteiger partial charge in [0.05, 0.1) is 5.75 Å². The topological polar surface area (TPSA) is 60.2 Å². The Labute approximate surface area is 99.7 Å². The summed E-state index contributed by atoms with van der Waals surface area (Å²) in [7, 11) is -2.86. The van der Waals surface area contributed by atoms with Crippen molar-refractivity contribution < 1.29 is 8.42 Å². The van der Waals surface area contributed by atoms with Crippen LogP contribution in [0.3, 0.4) is 0 Å². The van der Waals surface area contributed by atoms with Crippen LogP contribution in [-0.4, -0.2) is 26.5 Å². The minimum atomic E-state index is -2.86. The van der Waals surface area contributed by atoms with Crippen molar-refractivity contribution in [3.63, 3.8) is 0 Å². The van der Waals surface area contributed by atoms with E-state index in [1.807, 2.05) is 0 Å². The molecule has 96 valence electrons. The molecule has 3 nitrogen and oxygen atoms in total. The molecule has 0 aliphatic heterocycles. The second kappa shape index (κ2) is 6.01. The number of nitrogens with two attached hydrogens (primary N) is 1. The Kier molecular flexibility index (Phi) is 5.25. The molecule has 2 N–H and O–H groups in total. The minimum absolute atomic E-state index is 0.0732. The molecule has 16 heavy (non-hydrogen) atoms. The van der Waals surface area contributed by atoms with E-state index < -0.39 is 9.84 Å². The van der Waals surface area contributed by atoms with Gasteiger partial charge in [-0.2, -0.15) is 0 Å². The minimum Gasteiger partial charge on any atom is -0.327 e. The van der Waals surface area contributed by atoms with Gasteiger partial charge in [-0.05, 0) is 31.1 Å². The molecule has 0 heterocycles. The Bertz CT molecular complexity index is 300. The first kappa shape index (κ1) is 14.0. The lowest BCUT2D eigenvalue weighted by Crippen LogP contribution is -2.35. The van der Waals surface area contributed by atoms with E-state index in [-0.39, 0.29) is 11.8 Å². The molecule has 0 bridgehead atoms. The lowest BCUT2D eigenvalue weighted by atomic mass is 9.76. The van der Waals surface area contributed by atoms with Crippen LogP contribution in [0, 0.1) is 11.8 Å². The van der Waals surface area contributed by atoms with Crippen molar-refractivity contribution in [2.24, 2.45) is 17.6 Å². The fourth-order valence-electron chi connectivity index (χ4n) is 2.68. The number of hydrogen-bond acceptors (Lipinski definition) is 3. The zero-order valence-corrected chi connectivity index (χ0v) is 11.3. The standard InChI is InChI=1S/C12H25NO2S/c1-3-10-5-4-6-11(9-10)12(13)7-8-16(2,14)15/h10-12H,3-9,13H2,1-2H3. The summed E-state index contributed by atoms with van der Waals surface area (Å²) < 4.78 is 22.2. The van der Waals surface area contributed by atoms with Crippen molar-refractivity contribution in [1.82, 2.24) is 0 Å². The molecule has 0 aromatic heterocycles. The highest BCUT2D eigenvalue weighted by atomic mass is 32.2. The molecule has 1 rings (SSSR count). The maximum absolute atomic E-state index is 11.1. The summed E-state index contributed by atoms with van der Waals surface area (Å²) in [6, 6.07) is 0.0732. The highest BCUT2D eigenvalue weighted by Crippen LogP contribution is 2.33. The largest absolute Gasteiger partial charge is 0.327 e. The highest BCUT2D eigenvalue weighted by molar-refractivity contribution is 7.90. The van der Waals surface area contributed by atoms with Crippen molar-refractivity contribution in [2.75, 3.05) is 12.0 Å². The molecule has 0 spiro atoms. The Morgan fingerprint density at radius 1 is 1.38 bits per heavy atom. The van der Waals surface area contributed by atoms with Crippen LogP contribution >= 0.6 is 0 Å². The molecule has 3 atom stereocenters. The van der Waals surface area contributed by atoms with Crippen LogP contribution in [0.5, 0.6) is 0 Å². The van der Waals surface area contributed by atoms with Crippen LogP contribution in [-0.2, 0) is 9.84 Å². The van der Waals surface area contributed by atoms with Gasteiger partial charge in [0.2, 0.25) is 0 Å². The van der Waals surface area contributed by atoms with Crippen molar-refractivity contribution >= 4 is 9.84 Å². The van der Waals surface area contributed by atoms with Crippen LogP contribution in [0.15, 0.2) is 0 Å². The van der Waals surface area contributed by atoms with Gasteiger partial charge >= 0.3 is 0 Å². The Balaban J connectivity index is 2.38. The first-order chi connectivity index (χ1) is 7.42. The average molecular weight is 247 g/mol. The monoisotopic (exact) mass is 247 g/mol. The quantitative estimate of drug-likeness (QED) is 0.808. The fourth-order valence-corrected chi connectivity index (χ4v) is 3.38. The molecule has 0 amide bonds. The fraction of sp³-hybridized carbons (Fsp3) is 1.00. The Morgan fingerprint density at radius 2 is 2.06 bits per heavy atom. The average Bonchev–Trinajstić information content (AvgIpc) is 2.25. The zero-order valence-electron chi connectivity index (χ0n) is 10.5. The van der Waals surface area contributed by atoms with Gasteiger partial charge < -0.3 is 5.73 Å². The van der Waals surface area contributed by atoms with E-state index in [2.05, 4.69) is 6.92 Å². The number of hydrogen-bond donors (Lipinski definition) is 1. The van der Waals surface area contributed by atoms with Crippen LogP contribution < -0.4 is 5.73 Å². The van der Waals surface area contributed by atoms with Crippen LogP contribution in [0.4, 0.5) is 0 Å². The maximum Gasteiger partial charge on any atom is 0.147 e. The van der Waals surface area contributed by atoms with Crippen molar-refractivity contribution in [1.29, 1.82) is 0 Å². The molecular weight excluding hydrogens is 222 g/mol. The third kappa shape index (κ3) is 4.83. The summed E-state index contributed by atoms with van der Waals surface area (Å²) in [6.07, 6.45) is 8.11. The molecule has 1 aliphatic rings. The lowest BCUT2D eigenvalue weighted by Gasteiger charge is -2.32. The van der Waals surface area contributed by atoms with Gasteiger partial charge in [-0.1, -0.05) is 26.2 Å². The molecular formula is C12H25NO2S. The third-order valence-corrected chi connectivity index (χ3v) is 4.81. The molecule has 0 saturated heterocycles. The molecule has 1 fully saturated rings. The second-order valence-electron chi connectivity index (χ2n) is 5.28. The van der Waals surface area contributed by atoms with E-state index >= 15 is 0 Å². The van der Waals surface area contributed by atoms with Gasteiger partial charge in [0, 0.05) is 12.3 Å². The second-order valence-corrected chi connectivity index (χ2v) is 7.54. The summed E-state index contributed by atoms with van der Waals surface area (Å²) in [6.45, 7) is 2.23. The van der Waals surface area contributed by atoms with Gasteiger partial charge in [0.25, 0.3) is 0 Å². The van der Waals surface area contributed by atoms with Crippen molar-refractivity contribution in [3.8, 4) is 0 Å². The van der Waals surface area contributed by atoms with Gasteiger partial charge in [-0.3, -0.25) is 0 Å². The molecule has 0 radical (unpaired) electrons. The predicted octanol–water partition coefficient (Wildman–Crippen LogP) is 1.96.